The van der Waals surface area contributed by atoms with Crippen molar-refractivity contribution in [2.24, 2.45) is 0 Å². The molecule has 0 saturated carbocycles. The number of ether oxygens (including phenoxy) is 2. The highest BCUT2D eigenvalue weighted by Gasteiger charge is 2.21. The first-order chi connectivity index (χ1) is 13.4. The van der Waals surface area contributed by atoms with Crippen LogP contribution in [-0.4, -0.2) is 39.8 Å². The Balaban J connectivity index is 1.94. The lowest BCUT2D eigenvalue weighted by Crippen LogP contribution is -2.25. The molecule has 11 nitrogen and oxygen atoms in total. The van der Waals surface area contributed by atoms with E-state index in [1.54, 1.807) is 31.4 Å². The van der Waals surface area contributed by atoms with Gasteiger partial charge in [-0.1, -0.05) is 5.16 Å². The molecule has 0 unspecified atom stereocenters. The predicted molar refractivity (Wildman–Crippen MR) is 94.1 cm³/mol. The normalized spacial score (nSPS) is 10.5. The zero-order valence-electron chi connectivity index (χ0n) is 14.8. The summed E-state index contributed by atoms with van der Waals surface area (Å²) in [6.07, 6.45) is 1.14. The van der Waals surface area contributed by atoms with Gasteiger partial charge in [0.2, 0.25) is 0 Å². The number of hydrogen-bond donors (Lipinski definition) is 0. The molecule has 0 radical (unpaired) electrons. The zero-order chi connectivity index (χ0) is 20.3. The number of carbonyl (C=O) groups is 1. The molecule has 0 amide bonds. The van der Waals surface area contributed by atoms with E-state index in [9.17, 15) is 19.7 Å². The first-order valence-electron chi connectivity index (χ1n) is 7.87. The average molecular weight is 386 g/mol. The molecule has 11 heteroatoms. The molecule has 0 aliphatic carbocycles. The average Bonchev–Trinajstić information content (AvgIpc) is 3.17. The fourth-order valence-electron chi connectivity index (χ4n) is 2.42. The lowest BCUT2D eigenvalue weighted by molar-refractivity contribution is -0.386. The Labute approximate surface area is 157 Å². The Morgan fingerprint density at radius 2 is 2.00 bits per heavy atom. The summed E-state index contributed by atoms with van der Waals surface area (Å²) in [7, 11) is 2.67. The zero-order valence-corrected chi connectivity index (χ0v) is 14.8. The number of methoxy groups -OCH3 is 2. The molecule has 28 heavy (non-hydrogen) atoms. The number of aromatic nitrogens is 3. The standard InChI is InChI=1S/C17H14N4O7/c1-26-12-5-3-10(4-6-12)15-18-14(19-28-15)9-20-8-11(17(23)27-2)7-13(16(20)22)21(24)25/h3-8H,9H2,1-2H3. The Morgan fingerprint density at radius 3 is 2.61 bits per heavy atom. The van der Waals surface area contributed by atoms with Gasteiger partial charge >= 0.3 is 17.2 Å². The first kappa shape index (κ1) is 18.8. The van der Waals surface area contributed by atoms with Crippen molar-refractivity contribution in [3.05, 3.63) is 68.4 Å². The number of nitrogens with zero attached hydrogens (tertiary/aromatic N) is 4. The van der Waals surface area contributed by atoms with E-state index in [0.717, 1.165) is 23.9 Å². The van der Waals surface area contributed by atoms with E-state index >= 15 is 0 Å². The van der Waals surface area contributed by atoms with Crippen molar-refractivity contribution >= 4 is 11.7 Å². The van der Waals surface area contributed by atoms with Gasteiger partial charge in [-0.3, -0.25) is 14.9 Å². The summed E-state index contributed by atoms with van der Waals surface area (Å²) in [5, 5.41) is 14.9. The Bertz CT molecular complexity index is 1090. The molecule has 1 aromatic carbocycles. The van der Waals surface area contributed by atoms with Gasteiger partial charge in [0.25, 0.3) is 5.89 Å². The van der Waals surface area contributed by atoms with Crippen molar-refractivity contribution in [3.8, 4) is 17.2 Å². The van der Waals surface area contributed by atoms with E-state index < -0.39 is 22.1 Å². The van der Waals surface area contributed by atoms with Crippen LogP contribution in [0.3, 0.4) is 0 Å². The first-order valence-corrected chi connectivity index (χ1v) is 7.87. The molecule has 0 N–H and O–H groups in total. The summed E-state index contributed by atoms with van der Waals surface area (Å²) in [5.41, 5.74) is -1.19. The lowest BCUT2D eigenvalue weighted by Gasteiger charge is -2.05. The van der Waals surface area contributed by atoms with E-state index in [0.29, 0.717) is 11.3 Å². The number of pyridine rings is 1. The van der Waals surface area contributed by atoms with Gasteiger partial charge in [-0.25, -0.2) is 4.79 Å². The molecule has 0 fully saturated rings. The highest BCUT2D eigenvalue weighted by molar-refractivity contribution is 5.89. The number of benzene rings is 1. The highest BCUT2D eigenvalue weighted by atomic mass is 16.6. The van der Waals surface area contributed by atoms with Gasteiger partial charge in [-0.15, -0.1) is 0 Å². The third-order valence-corrected chi connectivity index (χ3v) is 3.80. The van der Waals surface area contributed by atoms with E-state index in [-0.39, 0.29) is 23.8 Å². The van der Waals surface area contributed by atoms with E-state index in [1.165, 1.54) is 0 Å². The number of esters is 1. The summed E-state index contributed by atoms with van der Waals surface area (Å²) in [6.45, 7) is -0.232. The summed E-state index contributed by atoms with van der Waals surface area (Å²) >= 11 is 0. The van der Waals surface area contributed by atoms with Crippen LogP contribution in [0.1, 0.15) is 16.2 Å². The number of nitro groups is 1. The predicted octanol–water partition coefficient (Wildman–Crippen LogP) is 1.65. The molecule has 0 bridgehead atoms. The number of carbonyl (C=O) groups excluding carboxylic acids is 1. The van der Waals surface area contributed by atoms with Gasteiger partial charge in [0.15, 0.2) is 5.82 Å². The molecule has 0 atom stereocenters. The van der Waals surface area contributed by atoms with Crippen molar-refractivity contribution in [1.82, 2.24) is 14.7 Å². The Hall–Kier alpha value is -4.02. The molecular weight excluding hydrogens is 372 g/mol. The number of rotatable bonds is 6. The smallest absolute Gasteiger partial charge is 0.339 e. The molecule has 2 heterocycles. The summed E-state index contributed by atoms with van der Waals surface area (Å²) in [4.78, 5) is 38.4. The molecular formula is C17H14N4O7. The van der Waals surface area contributed by atoms with Crippen molar-refractivity contribution in [3.63, 3.8) is 0 Å². The number of hydrogen-bond acceptors (Lipinski definition) is 9. The third kappa shape index (κ3) is 3.72. The molecule has 3 aromatic rings. The van der Waals surface area contributed by atoms with Gasteiger partial charge in [0, 0.05) is 17.8 Å². The minimum absolute atomic E-state index is 0.101. The Kier molecular flexibility index (Phi) is 5.16. The van der Waals surface area contributed by atoms with Crippen LogP contribution < -0.4 is 10.3 Å². The Morgan fingerprint density at radius 1 is 1.29 bits per heavy atom. The van der Waals surface area contributed by atoms with Crippen LogP contribution in [0.25, 0.3) is 11.5 Å². The highest BCUT2D eigenvalue weighted by Crippen LogP contribution is 2.21. The molecule has 0 spiro atoms. The molecule has 144 valence electrons. The van der Waals surface area contributed by atoms with Crippen LogP contribution in [-0.2, 0) is 11.3 Å². The summed E-state index contributed by atoms with van der Waals surface area (Å²) in [5.74, 6) is 0.138. The third-order valence-electron chi connectivity index (χ3n) is 3.80. The minimum Gasteiger partial charge on any atom is -0.497 e. The van der Waals surface area contributed by atoms with Crippen LogP contribution in [0.4, 0.5) is 5.69 Å². The SMILES string of the molecule is COC(=O)c1cc([N+](=O)[O-])c(=O)n(Cc2noc(-c3ccc(OC)cc3)n2)c1. The van der Waals surface area contributed by atoms with Gasteiger partial charge in [-0.2, -0.15) is 4.98 Å². The van der Waals surface area contributed by atoms with Crippen molar-refractivity contribution in [2.45, 2.75) is 6.54 Å². The maximum Gasteiger partial charge on any atom is 0.339 e. The van der Waals surface area contributed by atoms with Gasteiger partial charge in [0.1, 0.15) is 5.75 Å². The van der Waals surface area contributed by atoms with Gasteiger partial charge in [0.05, 0.1) is 31.3 Å². The second kappa shape index (κ2) is 7.70. The van der Waals surface area contributed by atoms with Crippen LogP contribution in [0, 0.1) is 10.1 Å². The van der Waals surface area contributed by atoms with Crippen molar-refractivity contribution in [1.29, 1.82) is 0 Å². The van der Waals surface area contributed by atoms with E-state index in [1.807, 2.05) is 0 Å². The quantitative estimate of drug-likeness (QED) is 0.351. The fraction of sp³-hybridized carbons (Fsp3) is 0.176. The topological polar surface area (TPSA) is 140 Å². The lowest BCUT2D eigenvalue weighted by atomic mass is 10.2. The maximum atomic E-state index is 12.3. The second-order valence-corrected chi connectivity index (χ2v) is 5.54. The van der Waals surface area contributed by atoms with Crippen LogP contribution in [0.5, 0.6) is 5.75 Å². The summed E-state index contributed by atoms with van der Waals surface area (Å²) < 4.78 is 15.8. The van der Waals surface area contributed by atoms with Crippen molar-refractivity contribution < 1.29 is 23.7 Å². The second-order valence-electron chi connectivity index (χ2n) is 5.54. The summed E-state index contributed by atoms with van der Waals surface area (Å²) in [6, 6.07) is 7.72. The van der Waals surface area contributed by atoms with Crippen molar-refractivity contribution in [2.75, 3.05) is 14.2 Å². The van der Waals surface area contributed by atoms with E-state index in [4.69, 9.17) is 9.26 Å². The van der Waals surface area contributed by atoms with Crippen LogP contribution in [0.2, 0.25) is 0 Å². The maximum absolute atomic E-state index is 12.3. The fourth-order valence-corrected chi connectivity index (χ4v) is 2.42. The largest absolute Gasteiger partial charge is 0.497 e. The minimum atomic E-state index is -0.909. The molecule has 0 aliphatic rings. The molecule has 0 saturated heterocycles. The van der Waals surface area contributed by atoms with Crippen LogP contribution in [0.15, 0.2) is 45.8 Å². The molecule has 2 aromatic heterocycles. The van der Waals surface area contributed by atoms with Gasteiger partial charge < -0.3 is 18.6 Å². The molecule has 3 rings (SSSR count). The van der Waals surface area contributed by atoms with E-state index in [2.05, 4.69) is 14.9 Å². The monoisotopic (exact) mass is 386 g/mol. The van der Waals surface area contributed by atoms with Gasteiger partial charge in [-0.05, 0) is 24.3 Å². The van der Waals surface area contributed by atoms with Crippen LogP contribution >= 0.6 is 0 Å². The molecule has 0 aliphatic heterocycles.